The zero-order valence-corrected chi connectivity index (χ0v) is 15.8. The van der Waals surface area contributed by atoms with Gasteiger partial charge in [0.15, 0.2) is 11.5 Å². The van der Waals surface area contributed by atoms with Gasteiger partial charge >= 0.3 is 6.18 Å². The van der Waals surface area contributed by atoms with Crippen LogP contribution in [-0.2, 0) is 25.7 Å². The van der Waals surface area contributed by atoms with E-state index in [1.807, 2.05) is 24.3 Å². The van der Waals surface area contributed by atoms with E-state index < -0.39 is 11.7 Å². The minimum absolute atomic E-state index is 0.185. The molecule has 3 rings (SSSR count). The first kappa shape index (κ1) is 20.4. The third-order valence-electron chi connectivity index (χ3n) is 4.20. The Morgan fingerprint density at radius 2 is 1.79 bits per heavy atom. The van der Waals surface area contributed by atoms with Crippen LogP contribution in [0.3, 0.4) is 0 Å². The molecule has 3 aromatic rings. The monoisotopic (exact) mass is 403 g/mol. The maximum absolute atomic E-state index is 12.6. The molecule has 29 heavy (non-hydrogen) atoms. The van der Waals surface area contributed by atoms with Gasteiger partial charge in [-0.25, -0.2) is 4.68 Å². The summed E-state index contributed by atoms with van der Waals surface area (Å²) in [6, 6.07) is 10.6. The average molecular weight is 403 g/mol. The van der Waals surface area contributed by atoms with Crippen LogP contribution in [0.15, 0.2) is 61.3 Å². The van der Waals surface area contributed by atoms with Crippen molar-refractivity contribution in [1.29, 1.82) is 0 Å². The fourth-order valence-corrected chi connectivity index (χ4v) is 2.74. The molecule has 1 aromatic heterocycles. The SMILES string of the molecule is C=CCc1ccc(OCc2cn(Cc3ccc(C(F)(F)F)cc3)nn2)c(OC)c1. The Hall–Kier alpha value is -3.29. The van der Waals surface area contributed by atoms with Gasteiger partial charge in [-0.05, 0) is 41.8 Å². The zero-order chi connectivity index (χ0) is 20.9. The van der Waals surface area contributed by atoms with E-state index in [9.17, 15) is 13.2 Å². The van der Waals surface area contributed by atoms with E-state index in [4.69, 9.17) is 9.47 Å². The van der Waals surface area contributed by atoms with Gasteiger partial charge in [-0.3, -0.25) is 0 Å². The second-order valence-corrected chi connectivity index (χ2v) is 6.37. The van der Waals surface area contributed by atoms with E-state index in [1.54, 1.807) is 18.0 Å². The molecule has 0 fully saturated rings. The molecule has 152 valence electrons. The lowest BCUT2D eigenvalue weighted by molar-refractivity contribution is -0.137. The van der Waals surface area contributed by atoms with E-state index in [2.05, 4.69) is 16.9 Å². The Kier molecular flexibility index (Phi) is 6.21. The Labute approximate surface area is 166 Å². The summed E-state index contributed by atoms with van der Waals surface area (Å²) >= 11 is 0. The maximum atomic E-state index is 12.6. The second kappa shape index (κ2) is 8.81. The summed E-state index contributed by atoms with van der Waals surface area (Å²) in [7, 11) is 1.57. The molecule has 0 aliphatic rings. The van der Waals surface area contributed by atoms with Crippen molar-refractivity contribution >= 4 is 0 Å². The van der Waals surface area contributed by atoms with Gasteiger partial charge in [0.05, 0.1) is 25.4 Å². The molecule has 8 heteroatoms. The van der Waals surface area contributed by atoms with Crippen molar-refractivity contribution in [3.8, 4) is 11.5 Å². The molecule has 0 amide bonds. The van der Waals surface area contributed by atoms with Crippen LogP contribution in [-0.4, -0.2) is 22.1 Å². The minimum atomic E-state index is -4.35. The molecular weight excluding hydrogens is 383 g/mol. The van der Waals surface area contributed by atoms with E-state index in [0.29, 0.717) is 29.3 Å². The minimum Gasteiger partial charge on any atom is -0.493 e. The Morgan fingerprint density at radius 3 is 2.45 bits per heavy atom. The lowest BCUT2D eigenvalue weighted by Gasteiger charge is -2.10. The number of halogens is 3. The smallest absolute Gasteiger partial charge is 0.416 e. The molecule has 0 saturated carbocycles. The predicted molar refractivity (Wildman–Crippen MR) is 102 cm³/mol. The first-order valence-corrected chi connectivity index (χ1v) is 8.85. The van der Waals surface area contributed by atoms with E-state index in [1.165, 1.54) is 12.1 Å². The maximum Gasteiger partial charge on any atom is 0.416 e. The summed E-state index contributed by atoms with van der Waals surface area (Å²) < 4.78 is 50.6. The van der Waals surface area contributed by atoms with Crippen molar-refractivity contribution in [2.24, 2.45) is 0 Å². The van der Waals surface area contributed by atoms with Crippen LogP contribution >= 0.6 is 0 Å². The van der Waals surface area contributed by atoms with Crippen LogP contribution in [0.2, 0.25) is 0 Å². The van der Waals surface area contributed by atoms with Crippen molar-refractivity contribution in [1.82, 2.24) is 15.0 Å². The molecule has 5 nitrogen and oxygen atoms in total. The standard InChI is InChI=1S/C21H20F3N3O2/c1-3-4-15-7-10-19(20(11-15)28-2)29-14-18-13-27(26-25-18)12-16-5-8-17(9-6-16)21(22,23)24/h3,5-11,13H,1,4,12,14H2,2H3. The van der Waals surface area contributed by atoms with Gasteiger partial charge in [-0.15, -0.1) is 11.7 Å². The van der Waals surface area contributed by atoms with Crippen molar-refractivity contribution < 1.29 is 22.6 Å². The number of hydrogen-bond acceptors (Lipinski definition) is 4. The molecule has 2 aromatic carbocycles. The number of allylic oxidation sites excluding steroid dienone is 1. The number of benzene rings is 2. The van der Waals surface area contributed by atoms with Gasteiger partial charge in [0, 0.05) is 0 Å². The molecule has 0 unspecified atom stereocenters. The molecule has 0 aliphatic carbocycles. The van der Waals surface area contributed by atoms with Crippen LogP contribution in [0.25, 0.3) is 0 Å². The van der Waals surface area contributed by atoms with Crippen molar-refractivity contribution in [3.05, 3.63) is 83.7 Å². The number of rotatable bonds is 8. The normalized spacial score (nSPS) is 11.3. The molecule has 1 heterocycles. The first-order valence-electron chi connectivity index (χ1n) is 8.85. The van der Waals surface area contributed by atoms with Gasteiger partial charge in [0.25, 0.3) is 0 Å². The topological polar surface area (TPSA) is 49.2 Å². The van der Waals surface area contributed by atoms with Crippen molar-refractivity contribution in [2.45, 2.75) is 25.7 Å². The summed E-state index contributed by atoms with van der Waals surface area (Å²) in [6.07, 6.45) is -0.114. The zero-order valence-electron chi connectivity index (χ0n) is 15.8. The van der Waals surface area contributed by atoms with E-state index >= 15 is 0 Å². The highest BCUT2D eigenvalue weighted by atomic mass is 19.4. The Balaban J connectivity index is 1.61. The van der Waals surface area contributed by atoms with Crippen molar-refractivity contribution in [2.75, 3.05) is 7.11 Å². The summed E-state index contributed by atoms with van der Waals surface area (Å²) in [5.41, 5.74) is 1.66. The van der Waals surface area contributed by atoms with E-state index in [-0.39, 0.29) is 6.61 Å². The van der Waals surface area contributed by atoms with Gasteiger partial charge in [-0.1, -0.05) is 29.5 Å². The van der Waals surface area contributed by atoms with Gasteiger partial charge in [0.2, 0.25) is 0 Å². The third-order valence-corrected chi connectivity index (χ3v) is 4.20. The molecule has 0 N–H and O–H groups in total. The van der Waals surface area contributed by atoms with Crippen LogP contribution in [0.5, 0.6) is 11.5 Å². The fourth-order valence-electron chi connectivity index (χ4n) is 2.74. The van der Waals surface area contributed by atoms with Crippen molar-refractivity contribution in [3.63, 3.8) is 0 Å². The number of nitrogens with zero attached hydrogens (tertiary/aromatic N) is 3. The van der Waals surface area contributed by atoms with Crippen LogP contribution in [0.1, 0.15) is 22.4 Å². The molecule has 0 spiro atoms. The molecule has 0 aliphatic heterocycles. The summed E-state index contributed by atoms with van der Waals surface area (Å²) in [6.45, 7) is 4.21. The lowest BCUT2D eigenvalue weighted by Crippen LogP contribution is -2.05. The second-order valence-electron chi connectivity index (χ2n) is 6.37. The predicted octanol–water partition coefficient (Wildman–Crippen LogP) is 4.66. The molecule has 0 atom stereocenters. The lowest BCUT2D eigenvalue weighted by atomic mass is 10.1. The summed E-state index contributed by atoms with van der Waals surface area (Å²) in [4.78, 5) is 0. The van der Waals surface area contributed by atoms with E-state index in [0.717, 1.165) is 24.1 Å². The molecule has 0 radical (unpaired) electrons. The highest BCUT2D eigenvalue weighted by molar-refractivity contribution is 5.43. The molecule has 0 saturated heterocycles. The third kappa shape index (κ3) is 5.37. The summed E-state index contributed by atoms with van der Waals surface area (Å²) in [5, 5.41) is 8.04. The highest BCUT2D eigenvalue weighted by Gasteiger charge is 2.29. The Morgan fingerprint density at radius 1 is 1.07 bits per heavy atom. The number of ether oxygens (including phenoxy) is 2. The fraction of sp³-hybridized carbons (Fsp3) is 0.238. The van der Waals surface area contributed by atoms with Gasteiger partial charge in [-0.2, -0.15) is 13.2 Å². The van der Waals surface area contributed by atoms with Gasteiger partial charge in [0.1, 0.15) is 12.3 Å². The number of hydrogen-bond donors (Lipinski definition) is 0. The first-order chi connectivity index (χ1) is 13.9. The highest BCUT2D eigenvalue weighted by Crippen LogP contribution is 2.30. The number of methoxy groups -OCH3 is 1. The number of alkyl halides is 3. The van der Waals surface area contributed by atoms with Crippen LogP contribution in [0, 0.1) is 0 Å². The summed E-state index contributed by atoms with van der Waals surface area (Å²) in [5.74, 6) is 1.19. The Bertz CT molecular complexity index is 966. The number of aromatic nitrogens is 3. The van der Waals surface area contributed by atoms with Gasteiger partial charge < -0.3 is 9.47 Å². The quantitative estimate of drug-likeness (QED) is 0.513. The average Bonchev–Trinajstić information content (AvgIpc) is 3.14. The largest absolute Gasteiger partial charge is 0.493 e. The van der Waals surface area contributed by atoms with Crippen LogP contribution in [0.4, 0.5) is 13.2 Å². The molecule has 0 bridgehead atoms. The van der Waals surface area contributed by atoms with Crippen LogP contribution < -0.4 is 9.47 Å². The molecular formula is C21H20F3N3O2.